The first-order valence-electron chi connectivity index (χ1n) is 11.7. The van der Waals surface area contributed by atoms with Crippen LogP contribution in [0.2, 0.25) is 0 Å². The van der Waals surface area contributed by atoms with Crippen molar-refractivity contribution in [2.75, 3.05) is 25.6 Å². The highest BCUT2D eigenvalue weighted by atomic mass is 19.4. The van der Waals surface area contributed by atoms with Gasteiger partial charge in [0, 0.05) is 23.9 Å². The van der Waals surface area contributed by atoms with Gasteiger partial charge in [0.15, 0.2) is 5.82 Å². The highest BCUT2D eigenvalue weighted by molar-refractivity contribution is 6.04. The van der Waals surface area contributed by atoms with E-state index in [4.69, 9.17) is 9.47 Å². The van der Waals surface area contributed by atoms with Gasteiger partial charge >= 0.3 is 18.4 Å². The summed E-state index contributed by atoms with van der Waals surface area (Å²) in [5, 5.41) is 6.71. The van der Waals surface area contributed by atoms with Gasteiger partial charge in [-0.3, -0.25) is 4.79 Å². The van der Waals surface area contributed by atoms with E-state index >= 15 is 0 Å². The van der Waals surface area contributed by atoms with Crippen molar-refractivity contribution in [3.05, 3.63) is 89.0 Å². The van der Waals surface area contributed by atoms with Crippen LogP contribution < -0.4 is 10.1 Å². The second-order valence-electron chi connectivity index (χ2n) is 8.63. The molecule has 210 valence electrons. The summed E-state index contributed by atoms with van der Waals surface area (Å²) in [4.78, 5) is 17.1. The number of halogens is 6. The Morgan fingerprint density at radius 3 is 2.02 bits per heavy atom. The first kappa shape index (κ1) is 28.6. The molecule has 1 N–H and O–H groups in total. The Morgan fingerprint density at radius 2 is 1.48 bits per heavy atom. The molecule has 0 aliphatic carbocycles. The van der Waals surface area contributed by atoms with Crippen molar-refractivity contribution in [3.63, 3.8) is 0 Å². The number of alkyl halides is 6. The molecule has 0 fully saturated rings. The van der Waals surface area contributed by atoms with E-state index in [1.165, 1.54) is 23.9 Å². The largest absolute Gasteiger partial charge is 0.460 e. The predicted octanol–water partition coefficient (Wildman–Crippen LogP) is 6.56. The van der Waals surface area contributed by atoms with Crippen LogP contribution in [0.4, 0.5) is 32.0 Å². The number of aromatic nitrogens is 3. The summed E-state index contributed by atoms with van der Waals surface area (Å²) >= 11 is 0. The predicted molar refractivity (Wildman–Crippen MR) is 133 cm³/mol. The minimum Gasteiger partial charge on any atom is -0.460 e. The lowest BCUT2D eigenvalue weighted by molar-refractivity contribution is -0.143. The zero-order chi connectivity index (χ0) is 29.1. The molecule has 0 spiro atoms. The Bertz CT molecular complexity index is 1450. The van der Waals surface area contributed by atoms with Crippen LogP contribution in [-0.2, 0) is 17.1 Å². The third-order valence-corrected chi connectivity index (χ3v) is 5.64. The molecule has 7 nitrogen and oxygen atoms in total. The van der Waals surface area contributed by atoms with Crippen molar-refractivity contribution >= 4 is 11.6 Å². The number of rotatable bonds is 8. The number of carbonyl (C=O) groups is 1. The fraction of sp³-hybridized carbons (Fsp3) is 0.222. The molecule has 0 radical (unpaired) electrons. The van der Waals surface area contributed by atoms with E-state index in [0.29, 0.717) is 30.3 Å². The fourth-order valence-corrected chi connectivity index (χ4v) is 3.62. The molecule has 0 unspecified atom stereocenters. The van der Waals surface area contributed by atoms with Gasteiger partial charge in [0.2, 0.25) is 0 Å². The summed E-state index contributed by atoms with van der Waals surface area (Å²) in [5.74, 6) is -0.688. The Labute approximate surface area is 224 Å². The van der Waals surface area contributed by atoms with Crippen molar-refractivity contribution in [1.82, 2.24) is 14.8 Å². The molecule has 0 atom stereocenters. The summed E-state index contributed by atoms with van der Waals surface area (Å²) < 4.78 is 91.0. The van der Waals surface area contributed by atoms with E-state index in [9.17, 15) is 31.1 Å². The Kier molecular flexibility index (Phi) is 8.14. The molecule has 1 aromatic heterocycles. The van der Waals surface area contributed by atoms with Crippen LogP contribution in [0.1, 0.15) is 27.0 Å². The van der Waals surface area contributed by atoms with E-state index in [1.807, 2.05) is 31.2 Å². The first-order chi connectivity index (χ1) is 18.8. The van der Waals surface area contributed by atoms with Gasteiger partial charge in [-0.15, -0.1) is 5.10 Å². The van der Waals surface area contributed by atoms with Gasteiger partial charge in [0.05, 0.1) is 23.4 Å². The summed E-state index contributed by atoms with van der Waals surface area (Å²) in [6, 6.07) is 14.3. The Morgan fingerprint density at radius 1 is 0.875 bits per heavy atom. The van der Waals surface area contributed by atoms with E-state index in [0.717, 1.165) is 11.1 Å². The number of nitrogens with one attached hydrogen (secondary N) is 1. The third-order valence-electron chi connectivity index (χ3n) is 5.64. The van der Waals surface area contributed by atoms with Gasteiger partial charge in [-0.05, 0) is 49.4 Å². The summed E-state index contributed by atoms with van der Waals surface area (Å²) in [7, 11) is 1.52. The molecule has 4 aromatic rings. The molecule has 40 heavy (non-hydrogen) atoms. The molecule has 0 aliphatic rings. The molecule has 0 saturated carbocycles. The van der Waals surface area contributed by atoms with Crippen molar-refractivity contribution in [1.29, 1.82) is 0 Å². The van der Waals surface area contributed by atoms with Crippen LogP contribution in [0.25, 0.3) is 17.1 Å². The topological polar surface area (TPSA) is 78.3 Å². The van der Waals surface area contributed by atoms with E-state index in [2.05, 4.69) is 15.4 Å². The highest BCUT2D eigenvalue weighted by Gasteiger charge is 2.37. The quantitative estimate of drug-likeness (QED) is 0.194. The van der Waals surface area contributed by atoms with Gasteiger partial charge in [0.1, 0.15) is 6.61 Å². The number of amides is 1. The van der Waals surface area contributed by atoms with Crippen molar-refractivity contribution < 1.29 is 40.6 Å². The molecule has 1 amide bonds. The number of ether oxygens (including phenoxy) is 2. The molecule has 0 aliphatic heterocycles. The van der Waals surface area contributed by atoms with Gasteiger partial charge in [0.25, 0.3) is 5.91 Å². The van der Waals surface area contributed by atoms with Gasteiger partial charge in [-0.25, -0.2) is 4.68 Å². The summed E-state index contributed by atoms with van der Waals surface area (Å²) in [6.45, 7) is 2.47. The molecular formula is C27H22F6N4O3. The zero-order valence-electron chi connectivity index (χ0n) is 21.1. The van der Waals surface area contributed by atoms with Crippen LogP contribution >= 0.6 is 0 Å². The molecular weight excluding hydrogens is 542 g/mol. The number of nitrogens with zero attached hydrogens (tertiary/aromatic N) is 3. The number of benzene rings is 3. The van der Waals surface area contributed by atoms with E-state index in [1.54, 1.807) is 12.1 Å². The number of carbonyl (C=O) groups excluding carboxylic acids is 1. The van der Waals surface area contributed by atoms with Crippen molar-refractivity contribution in [3.8, 4) is 23.1 Å². The van der Waals surface area contributed by atoms with Crippen LogP contribution in [0, 0.1) is 6.92 Å². The Balaban J connectivity index is 1.61. The van der Waals surface area contributed by atoms with Crippen LogP contribution in [0.5, 0.6) is 6.01 Å². The maximum absolute atomic E-state index is 13.2. The monoisotopic (exact) mass is 564 g/mol. The minimum atomic E-state index is -5.07. The second-order valence-corrected chi connectivity index (χ2v) is 8.63. The van der Waals surface area contributed by atoms with Crippen LogP contribution in [0.3, 0.4) is 0 Å². The number of anilines is 1. The standard InChI is InChI=1S/C27H22F6N4O3/c1-16-3-5-17(6-4-16)23-35-25(40-12-11-39-2)36-37(23)22-9-7-21(8-10-22)34-24(38)18-13-19(26(28,29)30)15-20(14-18)27(31,32)33/h3-10,13-15H,11-12H2,1-2H3,(H,34,38). The minimum absolute atomic E-state index is 0.0391. The second kappa shape index (κ2) is 11.4. The average Bonchev–Trinajstić information content (AvgIpc) is 3.32. The van der Waals surface area contributed by atoms with E-state index < -0.39 is 35.0 Å². The molecule has 1 heterocycles. The van der Waals surface area contributed by atoms with Crippen LogP contribution in [-0.4, -0.2) is 41.0 Å². The first-order valence-corrected chi connectivity index (χ1v) is 11.7. The third kappa shape index (κ3) is 6.78. The SMILES string of the molecule is COCCOc1nc(-c2ccc(C)cc2)n(-c2ccc(NC(=O)c3cc(C(F)(F)F)cc(C(F)(F)F)c3)cc2)n1. The maximum Gasteiger partial charge on any atom is 0.416 e. The summed E-state index contributed by atoms with van der Waals surface area (Å²) in [5.41, 5.74) is -1.55. The van der Waals surface area contributed by atoms with Gasteiger partial charge < -0.3 is 14.8 Å². The lowest BCUT2D eigenvalue weighted by Crippen LogP contribution is -2.17. The average molecular weight is 564 g/mol. The summed E-state index contributed by atoms with van der Waals surface area (Å²) in [6.07, 6.45) is -10.1. The lowest BCUT2D eigenvalue weighted by Gasteiger charge is -2.14. The van der Waals surface area contributed by atoms with E-state index in [-0.39, 0.29) is 24.4 Å². The number of aryl methyl sites for hydroxylation is 1. The molecule has 13 heteroatoms. The molecule has 0 bridgehead atoms. The van der Waals surface area contributed by atoms with Gasteiger partial charge in [-0.2, -0.15) is 31.3 Å². The smallest absolute Gasteiger partial charge is 0.416 e. The Hall–Kier alpha value is -4.39. The van der Waals surface area contributed by atoms with Gasteiger partial charge in [-0.1, -0.05) is 29.8 Å². The molecule has 4 rings (SSSR count). The van der Waals surface area contributed by atoms with Crippen molar-refractivity contribution in [2.45, 2.75) is 19.3 Å². The fourth-order valence-electron chi connectivity index (χ4n) is 3.62. The molecule has 0 saturated heterocycles. The number of hydrogen-bond donors (Lipinski definition) is 1. The molecule has 3 aromatic carbocycles. The normalized spacial score (nSPS) is 11.9. The maximum atomic E-state index is 13.2. The number of hydrogen-bond acceptors (Lipinski definition) is 5. The highest BCUT2D eigenvalue weighted by Crippen LogP contribution is 2.36. The van der Waals surface area contributed by atoms with Crippen LogP contribution in [0.15, 0.2) is 66.7 Å². The lowest BCUT2D eigenvalue weighted by atomic mass is 10.0. The number of methoxy groups -OCH3 is 1. The zero-order valence-corrected chi connectivity index (χ0v) is 21.1. The van der Waals surface area contributed by atoms with Crippen molar-refractivity contribution in [2.24, 2.45) is 0 Å².